The summed E-state index contributed by atoms with van der Waals surface area (Å²) in [5.41, 5.74) is 0. The van der Waals surface area contributed by atoms with Crippen molar-refractivity contribution >= 4 is 5.97 Å². The van der Waals surface area contributed by atoms with Gasteiger partial charge in [0, 0.05) is 12.5 Å². The Morgan fingerprint density at radius 3 is 2.10 bits per heavy atom. The lowest BCUT2D eigenvalue weighted by Crippen LogP contribution is -2.41. The zero-order chi connectivity index (χ0) is 15.7. The average molecular weight is 295 g/mol. The van der Waals surface area contributed by atoms with Gasteiger partial charge in [0.15, 0.2) is 0 Å². The van der Waals surface area contributed by atoms with Crippen LogP contribution in [0.1, 0.15) is 33.6 Å². The van der Waals surface area contributed by atoms with E-state index in [4.69, 9.17) is 14.6 Å². The molecule has 1 aromatic rings. The summed E-state index contributed by atoms with van der Waals surface area (Å²) in [5, 5.41) is 12.1. The quantitative estimate of drug-likeness (QED) is 0.694. The SMILES string of the molecule is CCCOc1ccc(OCCC(NC(C)C)C(=O)O)cc1. The Hall–Kier alpha value is -1.75. The van der Waals surface area contributed by atoms with E-state index in [0.717, 1.165) is 12.2 Å². The Balaban J connectivity index is 2.38. The molecule has 0 aliphatic heterocycles. The molecular weight excluding hydrogens is 270 g/mol. The maximum Gasteiger partial charge on any atom is 0.320 e. The lowest BCUT2D eigenvalue weighted by Gasteiger charge is -2.17. The third kappa shape index (κ3) is 6.99. The fourth-order valence-electron chi connectivity index (χ4n) is 1.83. The van der Waals surface area contributed by atoms with Gasteiger partial charge in [-0.2, -0.15) is 0 Å². The molecule has 1 rings (SSSR count). The smallest absolute Gasteiger partial charge is 0.320 e. The number of rotatable bonds is 10. The van der Waals surface area contributed by atoms with E-state index < -0.39 is 12.0 Å². The van der Waals surface area contributed by atoms with Crippen LogP contribution in [0.4, 0.5) is 0 Å². The van der Waals surface area contributed by atoms with E-state index in [9.17, 15) is 4.79 Å². The third-order valence-electron chi connectivity index (χ3n) is 2.80. The summed E-state index contributed by atoms with van der Waals surface area (Å²) in [6, 6.07) is 6.91. The minimum atomic E-state index is -0.851. The Morgan fingerprint density at radius 1 is 1.14 bits per heavy atom. The van der Waals surface area contributed by atoms with Gasteiger partial charge in [0.25, 0.3) is 0 Å². The van der Waals surface area contributed by atoms with E-state index in [-0.39, 0.29) is 6.04 Å². The number of benzene rings is 1. The van der Waals surface area contributed by atoms with Crippen molar-refractivity contribution in [3.63, 3.8) is 0 Å². The summed E-state index contributed by atoms with van der Waals surface area (Å²) in [4.78, 5) is 11.1. The molecule has 21 heavy (non-hydrogen) atoms. The van der Waals surface area contributed by atoms with Gasteiger partial charge in [0.1, 0.15) is 17.5 Å². The number of carboxylic acid groups (broad SMARTS) is 1. The highest BCUT2D eigenvalue weighted by atomic mass is 16.5. The largest absolute Gasteiger partial charge is 0.494 e. The molecule has 118 valence electrons. The normalized spacial score (nSPS) is 12.2. The van der Waals surface area contributed by atoms with Gasteiger partial charge >= 0.3 is 5.97 Å². The summed E-state index contributed by atoms with van der Waals surface area (Å²) < 4.78 is 11.1. The monoisotopic (exact) mass is 295 g/mol. The molecule has 0 saturated carbocycles. The maximum atomic E-state index is 11.1. The van der Waals surface area contributed by atoms with E-state index in [1.54, 1.807) is 0 Å². The van der Waals surface area contributed by atoms with Crippen LogP contribution in [0.2, 0.25) is 0 Å². The van der Waals surface area contributed by atoms with Crippen LogP contribution in [0.3, 0.4) is 0 Å². The first-order valence-corrected chi connectivity index (χ1v) is 7.37. The van der Waals surface area contributed by atoms with Crippen LogP contribution in [0.5, 0.6) is 11.5 Å². The van der Waals surface area contributed by atoms with Gasteiger partial charge in [0.05, 0.1) is 13.2 Å². The molecule has 1 unspecified atom stereocenters. The van der Waals surface area contributed by atoms with Crippen molar-refractivity contribution in [3.8, 4) is 11.5 Å². The first kappa shape index (κ1) is 17.3. The van der Waals surface area contributed by atoms with E-state index in [1.165, 1.54) is 0 Å². The van der Waals surface area contributed by atoms with Crippen LogP contribution in [-0.4, -0.2) is 36.4 Å². The molecule has 0 amide bonds. The summed E-state index contributed by atoms with van der Waals surface area (Å²) in [7, 11) is 0. The van der Waals surface area contributed by atoms with Crippen molar-refractivity contribution in [2.24, 2.45) is 0 Å². The summed E-state index contributed by atoms with van der Waals surface area (Å²) in [5.74, 6) is 0.678. The zero-order valence-electron chi connectivity index (χ0n) is 13.0. The van der Waals surface area contributed by atoms with Crippen LogP contribution in [0.25, 0.3) is 0 Å². The molecule has 2 N–H and O–H groups in total. The number of carboxylic acids is 1. The Kier molecular flexibility index (Phi) is 7.61. The second-order valence-electron chi connectivity index (χ2n) is 5.17. The second kappa shape index (κ2) is 9.23. The fraction of sp³-hybridized carbons (Fsp3) is 0.562. The summed E-state index contributed by atoms with van der Waals surface area (Å²) in [6.07, 6.45) is 1.39. The Morgan fingerprint density at radius 2 is 1.67 bits per heavy atom. The zero-order valence-corrected chi connectivity index (χ0v) is 13.0. The minimum absolute atomic E-state index is 0.126. The molecule has 1 atom stereocenters. The van der Waals surface area contributed by atoms with Crippen molar-refractivity contribution < 1.29 is 19.4 Å². The average Bonchev–Trinajstić information content (AvgIpc) is 2.44. The van der Waals surface area contributed by atoms with Crippen LogP contribution in [0, 0.1) is 0 Å². The van der Waals surface area contributed by atoms with Crippen LogP contribution >= 0.6 is 0 Å². The first-order valence-electron chi connectivity index (χ1n) is 7.37. The molecule has 0 radical (unpaired) electrons. The second-order valence-corrected chi connectivity index (χ2v) is 5.17. The maximum absolute atomic E-state index is 11.1. The number of ether oxygens (including phenoxy) is 2. The van der Waals surface area contributed by atoms with Crippen molar-refractivity contribution in [1.29, 1.82) is 0 Å². The highest BCUT2D eigenvalue weighted by Gasteiger charge is 2.17. The van der Waals surface area contributed by atoms with Gasteiger partial charge in [-0.3, -0.25) is 4.79 Å². The predicted molar refractivity (Wildman–Crippen MR) is 82.0 cm³/mol. The van der Waals surface area contributed by atoms with Crippen LogP contribution in [0.15, 0.2) is 24.3 Å². The molecule has 0 bridgehead atoms. The number of aliphatic carboxylic acids is 1. The van der Waals surface area contributed by atoms with E-state index >= 15 is 0 Å². The molecule has 5 nitrogen and oxygen atoms in total. The number of hydrogen-bond donors (Lipinski definition) is 2. The molecule has 0 spiro atoms. The standard InChI is InChI=1S/C16H25NO4/c1-4-10-20-13-5-7-14(8-6-13)21-11-9-15(16(18)19)17-12(2)3/h5-8,12,15,17H,4,9-11H2,1-3H3,(H,18,19). The predicted octanol–water partition coefficient (Wildman–Crippen LogP) is 2.70. The van der Waals surface area contributed by atoms with E-state index in [1.807, 2.05) is 38.1 Å². The highest BCUT2D eigenvalue weighted by molar-refractivity contribution is 5.73. The molecule has 1 aromatic carbocycles. The van der Waals surface area contributed by atoms with Gasteiger partial charge in [-0.15, -0.1) is 0 Å². The number of carbonyl (C=O) groups is 1. The lowest BCUT2D eigenvalue weighted by molar-refractivity contribution is -0.140. The van der Waals surface area contributed by atoms with E-state index in [0.29, 0.717) is 25.4 Å². The van der Waals surface area contributed by atoms with Crippen molar-refractivity contribution in [2.45, 2.75) is 45.7 Å². The summed E-state index contributed by atoms with van der Waals surface area (Å²) in [6.45, 7) is 6.95. The minimum Gasteiger partial charge on any atom is -0.494 e. The van der Waals surface area contributed by atoms with Gasteiger partial charge in [-0.1, -0.05) is 20.8 Å². The van der Waals surface area contributed by atoms with Crippen molar-refractivity contribution in [2.75, 3.05) is 13.2 Å². The molecule has 5 heteroatoms. The molecule has 0 aliphatic carbocycles. The molecule has 0 aliphatic rings. The molecule has 0 heterocycles. The third-order valence-corrected chi connectivity index (χ3v) is 2.80. The van der Waals surface area contributed by atoms with Crippen molar-refractivity contribution in [3.05, 3.63) is 24.3 Å². The highest BCUT2D eigenvalue weighted by Crippen LogP contribution is 2.18. The van der Waals surface area contributed by atoms with Crippen LogP contribution < -0.4 is 14.8 Å². The summed E-state index contributed by atoms with van der Waals surface area (Å²) >= 11 is 0. The number of hydrogen-bond acceptors (Lipinski definition) is 4. The topological polar surface area (TPSA) is 67.8 Å². The van der Waals surface area contributed by atoms with Crippen LogP contribution in [-0.2, 0) is 4.79 Å². The van der Waals surface area contributed by atoms with Crippen molar-refractivity contribution in [1.82, 2.24) is 5.32 Å². The van der Waals surface area contributed by atoms with Gasteiger partial charge in [-0.25, -0.2) is 0 Å². The van der Waals surface area contributed by atoms with Gasteiger partial charge < -0.3 is 19.9 Å². The van der Waals surface area contributed by atoms with Gasteiger partial charge in [0.2, 0.25) is 0 Å². The fourth-order valence-corrected chi connectivity index (χ4v) is 1.83. The van der Waals surface area contributed by atoms with E-state index in [2.05, 4.69) is 12.2 Å². The molecule has 0 aromatic heterocycles. The Labute approximate surface area is 126 Å². The van der Waals surface area contributed by atoms with Gasteiger partial charge in [-0.05, 0) is 30.7 Å². The molecular formula is C16H25NO4. The number of nitrogens with one attached hydrogen (secondary N) is 1. The first-order chi connectivity index (χ1) is 10.0. The molecule has 0 saturated heterocycles. The molecule has 0 fully saturated rings. The lowest BCUT2D eigenvalue weighted by atomic mass is 10.2. The Bertz CT molecular complexity index is 417.